The molecule has 0 spiro atoms. The van der Waals surface area contributed by atoms with Crippen LogP contribution in [0.15, 0.2) is 41.1 Å². The fourth-order valence-corrected chi connectivity index (χ4v) is 2.81. The van der Waals surface area contributed by atoms with E-state index in [2.05, 4.69) is 33.9 Å². The molecule has 2 aromatic rings. The molecular weight excluding hydrogens is 304 g/mol. The number of hydrogen-bond acceptors (Lipinski definition) is 3. The maximum absolute atomic E-state index is 6.27. The molecular formula is C15H15BrN2O. The molecule has 0 aliphatic carbocycles. The Balaban J connectivity index is 1.95. The monoisotopic (exact) mass is 318 g/mol. The average molecular weight is 319 g/mol. The number of fused-ring (bicyclic) bond motifs is 1. The summed E-state index contributed by atoms with van der Waals surface area (Å²) >= 11 is 3.44. The van der Waals surface area contributed by atoms with Gasteiger partial charge in [0.25, 0.3) is 0 Å². The van der Waals surface area contributed by atoms with Crippen LogP contribution < -0.4 is 10.5 Å². The molecule has 1 aliphatic rings. The Hall–Kier alpha value is -1.39. The van der Waals surface area contributed by atoms with E-state index in [4.69, 9.17) is 10.5 Å². The Morgan fingerprint density at radius 3 is 2.95 bits per heavy atom. The zero-order chi connectivity index (χ0) is 13.4. The van der Waals surface area contributed by atoms with E-state index in [0.717, 1.165) is 27.8 Å². The molecule has 98 valence electrons. The highest BCUT2D eigenvalue weighted by atomic mass is 79.9. The first-order valence-electron chi connectivity index (χ1n) is 6.27. The minimum Gasteiger partial charge on any atom is -0.485 e. The van der Waals surface area contributed by atoms with Gasteiger partial charge in [0.05, 0.1) is 0 Å². The SMILES string of the molecule is Cc1ccc2c(c1)[C@H](N)CC(c1cncc(Br)c1)O2. The normalized spacial score (nSPS) is 21.6. The van der Waals surface area contributed by atoms with Gasteiger partial charge in [-0.05, 0) is 35.0 Å². The van der Waals surface area contributed by atoms with Gasteiger partial charge in [0.1, 0.15) is 11.9 Å². The number of rotatable bonds is 1. The van der Waals surface area contributed by atoms with E-state index in [1.807, 2.05) is 24.4 Å². The summed E-state index contributed by atoms with van der Waals surface area (Å²) in [6.45, 7) is 2.07. The molecule has 1 aromatic heterocycles. The molecule has 3 nitrogen and oxygen atoms in total. The minimum atomic E-state index is -0.0322. The van der Waals surface area contributed by atoms with Crippen molar-refractivity contribution >= 4 is 15.9 Å². The molecule has 3 rings (SSSR count). The van der Waals surface area contributed by atoms with Gasteiger partial charge < -0.3 is 10.5 Å². The first kappa shape index (κ1) is 12.6. The quantitative estimate of drug-likeness (QED) is 0.872. The van der Waals surface area contributed by atoms with Crippen LogP contribution in [-0.2, 0) is 0 Å². The minimum absolute atomic E-state index is 0.00707. The van der Waals surface area contributed by atoms with Crippen molar-refractivity contribution in [1.82, 2.24) is 4.98 Å². The fourth-order valence-electron chi connectivity index (χ4n) is 2.43. The summed E-state index contributed by atoms with van der Waals surface area (Å²) in [7, 11) is 0. The van der Waals surface area contributed by atoms with Gasteiger partial charge >= 0.3 is 0 Å². The van der Waals surface area contributed by atoms with Gasteiger partial charge in [-0.15, -0.1) is 0 Å². The number of aryl methyl sites for hydroxylation is 1. The van der Waals surface area contributed by atoms with E-state index < -0.39 is 0 Å². The van der Waals surface area contributed by atoms with Gasteiger partial charge in [-0.1, -0.05) is 17.7 Å². The van der Waals surface area contributed by atoms with Crippen LogP contribution in [0.3, 0.4) is 0 Å². The van der Waals surface area contributed by atoms with Crippen molar-refractivity contribution in [3.8, 4) is 5.75 Å². The number of pyridine rings is 1. The van der Waals surface area contributed by atoms with E-state index in [1.165, 1.54) is 5.56 Å². The van der Waals surface area contributed by atoms with E-state index >= 15 is 0 Å². The molecule has 2 N–H and O–H groups in total. The van der Waals surface area contributed by atoms with Crippen LogP contribution in [0.1, 0.15) is 35.3 Å². The van der Waals surface area contributed by atoms with Crippen LogP contribution in [0, 0.1) is 6.92 Å². The summed E-state index contributed by atoms with van der Waals surface area (Å²) in [6, 6.07) is 8.20. The smallest absolute Gasteiger partial charge is 0.127 e. The van der Waals surface area contributed by atoms with Gasteiger partial charge in [-0.3, -0.25) is 4.98 Å². The Morgan fingerprint density at radius 2 is 2.16 bits per heavy atom. The fraction of sp³-hybridized carbons (Fsp3) is 0.267. The molecule has 1 unspecified atom stereocenters. The summed E-state index contributed by atoms with van der Waals surface area (Å²) < 4.78 is 7.01. The number of halogens is 1. The second-order valence-electron chi connectivity index (χ2n) is 4.93. The van der Waals surface area contributed by atoms with Crippen molar-refractivity contribution in [1.29, 1.82) is 0 Å². The summed E-state index contributed by atoms with van der Waals surface area (Å²) in [5.41, 5.74) is 9.63. The largest absolute Gasteiger partial charge is 0.485 e. The number of hydrogen-bond donors (Lipinski definition) is 1. The summed E-state index contributed by atoms with van der Waals surface area (Å²) in [5, 5.41) is 0. The predicted molar refractivity (Wildman–Crippen MR) is 78.0 cm³/mol. The zero-order valence-electron chi connectivity index (χ0n) is 10.6. The maximum atomic E-state index is 6.27. The van der Waals surface area contributed by atoms with E-state index in [-0.39, 0.29) is 12.1 Å². The first-order chi connectivity index (χ1) is 9.13. The molecule has 1 aliphatic heterocycles. The van der Waals surface area contributed by atoms with E-state index in [0.29, 0.717) is 0 Å². The molecule has 0 amide bonds. The molecule has 4 heteroatoms. The van der Waals surface area contributed by atoms with Crippen molar-refractivity contribution in [2.24, 2.45) is 5.73 Å². The second-order valence-corrected chi connectivity index (χ2v) is 5.84. The third kappa shape index (κ3) is 2.51. The maximum Gasteiger partial charge on any atom is 0.127 e. The van der Waals surface area contributed by atoms with Gasteiger partial charge in [0.2, 0.25) is 0 Å². The molecule has 1 aromatic carbocycles. The van der Waals surface area contributed by atoms with Crippen molar-refractivity contribution in [3.63, 3.8) is 0 Å². The lowest BCUT2D eigenvalue weighted by Gasteiger charge is -2.30. The molecule has 2 atom stereocenters. The van der Waals surface area contributed by atoms with Crippen LogP contribution in [0.4, 0.5) is 0 Å². The molecule has 0 saturated heterocycles. The number of benzene rings is 1. The predicted octanol–water partition coefficient (Wildman–Crippen LogP) is 3.68. The second kappa shape index (κ2) is 4.94. The Bertz CT molecular complexity index is 615. The zero-order valence-corrected chi connectivity index (χ0v) is 12.2. The third-order valence-corrected chi connectivity index (χ3v) is 3.83. The Labute approximate surface area is 120 Å². The van der Waals surface area contributed by atoms with Gasteiger partial charge in [-0.25, -0.2) is 0 Å². The van der Waals surface area contributed by atoms with Crippen molar-refractivity contribution in [2.75, 3.05) is 0 Å². The lowest BCUT2D eigenvalue weighted by molar-refractivity contribution is 0.161. The summed E-state index contributed by atoms with van der Waals surface area (Å²) in [5.74, 6) is 0.884. The highest BCUT2D eigenvalue weighted by Crippen LogP contribution is 2.40. The molecule has 0 bridgehead atoms. The number of ether oxygens (including phenoxy) is 1. The van der Waals surface area contributed by atoms with Crippen molar-refractivity contribution in [2.45, 2.75) is 25.5 Å². The Morgan fingerprint density at radius 1 is 1.32 bits per heavy atom. The van der Waals surface area contributed by atoms with Crippen LogP contribution >= 0.6 is 15.9 Å². The standard InChI is InChI=1S/C15H15BrN2O/c1-9-2-3-14-12(4-9)13(17)6-15(19-14)10-5-11(16)8-18-7-10/h2-5,7-8,13,15H,6,17H2,1H3/t13-,15?/m1/s1. The van der Waals surface area contributed by atoms with E-state index in [1.54, 1.807) is 6.20 Å². The van der Waals surface area contributed by atoms with Crippen LogP contribution in [0.2, 0.25) is 0 Å². The number of nitrogens with two attached hydrogens (primary N) is 1. The van der Waals surface area contributed by atoms with Crippen LogP contribution in [-0.4, -0.2) is 4.98 Å². The molecule has 19 heavy (non-hydrogen) atoms. The highest BCUT2D eigenvalue weighted by Gasteiger charge is 2.27. The first-order valence-corrected chi connectivity index (χ1v) is 7.06. The third-order valence-electron chi connectivity index (χ3n) is 3.40. The Kier molecular flexibility index (Phi) is 3.29. The number of nitrogens with zero attached hydrogens (tertiary/aromatic N) is 1. The molecule has 2 heterocycles. The summed E-state index contributed by atoms with van der Waals surface area (Å²) in [4.78, 5) is 4.19. The van der Waals surface area contributed by atoms with E-state index in [9.17, 15) is 0 Å². The lowest BCUT2D eigenvalue weighted by Crippen LogP contribution is -2.24. The van der Waals surface area contributed by atoms with Gasteiger partial charge in [0, 0.05) is 40.5 Å². The summed E-state index contributed by atoms with van der Waals surface area (Å²) in [6.07, 6.45) is 4.34. The van der Waals surface area contributed by atoms with Crippen LogP contribution in [0.5, 0.6) is 5.75 Å². The number of aromatic nitrogens is 1. The highest BCUT2D eigenvalue weighted by molar-refractivity contribution is 9.10. The van der Waals surface area contributed by atoms with Crippen molar-refractivity contribution < 1.29 is 4.74 Å². The van der Waals surface area contributed by atoms with Crippen LogP contribution in [0.25, 0.3) is 0 Å². The van der Waals surface area contributed by atoms with Crippen molar-refractivity contribution in [3.05, 3.63) is 57.8 Å². The molecule has 0 fully saturated rings. The molecule has 0 radical (unpaired) electrons. The van der Waals surface area contributed by atoms with Gasteiger partial charge in [0.15, 0.2) is 0 Å². The lowest BCUT2D eigenvalue weighted by atomic mass is 9.93. The molecule has 0 saturated carbocycles. The topological polar surface area (TPSA) is 48.1 Å². The van der Waals surface area contributed by atoms with Gasteiger partial charge in [-0.2, -0.15) is 0 Å². The average Bonchev–Trinajstić information content (AvgIpc) is 2.39.